The lowest BCUT2D eigenvalue weighted by molar-refractivity contribution is 0.269. The van der Waals surface area contributed by atoms with Crippen LogP contribution in [-0.4, -0.2) is 29.8 Å². The van der Waals surface area contributed by atoms with E-state index in [1.807, 2.05) is 18.2 Å². The van der Waals surface area contributed by atoms with Crippen molar-refractivity contribution < 1.29 is 5.11 Å². The van der Waals surface area contributed by atoms with Gasteiger partial charge in [0.25, 0.3) is 0 Å². The van der Waals surface area contributed by atoms with Crippen molar-refractivity contribution in [3.05, 3.63) is 33.3 Å². The van der Waals surface area contributed by atoms with Gasteiger partial charge >= 0.3 is 0 Å². The number of rotatable bonds is 7. The smallest absolute Gasteiger partial charge is 0.0446 e. The van der Waals surface area contributed by atoms with E-state index in [0.717, 1.165) is 33.8 Å². The van der Waals surface area contributed by atoms with Gasteiger partial charge < -0.3 is 10.4 Å². The topological polar surface area (TPSA) is 32.3 Å². The standard InChI is InChI=1S/C12H17BrClNOS/c1-17-8-11(4-5-16)15-7-9-6-10(14)2-3-12(9)13/h2-3,6,11,15-16H,4-5,7-8H2,1H3. The van der Waals surface area contributed by atoms with E-state index in [9.17, 15) is 0 Å². The minimum Gasteiger partial charge on any atom is -0.396 e. The molecule has 0 saturated heterocycles. The minimum absolute atomic E-state index is 0.217. The van der Waals surface area contributed by atoms with Crippen LogP contribution in [0.25, 0.3) is 0 Å². The zero-order valence-electron chi connectivity index (χ0n) is 9.75. The van der Waals surface area contributed by atoms with Crippen LogP contribution in [0.1, 0.15) is 12.0 Å². The summed E-state index contributed by atoms with van der Waals surface area (Å²) in [5.74, 6) is 0.999. The van der Waals surface area contributed by atoms with Gasteiger partial charge in [-0.05, 0) is 36.4 Å². The average Bonchev–Trinajstić information content (AvgIpc) is 2.30. The van der Waals surface area contributed by atoms with E-state index in [1.54, 1.807) is 11.8 Å². The maximum absolute atomic E-state index is 8.98. The van der Waals surface area contributed by atoms with Crippen molar-refractivity contribution in [3.63, 3.8) is 0 Å². The molecule has 5 heteroatoms. The molecule has 0 aliphatic heterocycles. The number of halogens is 2. The normalized spacial score (nSPS) is 12.7. The third-order valence-corrected chi connectivity index (χ3v) is 4.18. The van der Waals surface area contributed by atoms with Gasteiger partial charge in [0.05, 0.1) is 0 Å². The lowest BCUT2D eigenvalue weighted by Gasteiger charge is -2.17. The van der Waals surface area contributed by atoms with Crippen LogP contribution in [0.15, 0.2) is 22.7 Å². The Morgan fingerprint density at radius 2 is 2.29 bits per heavy atom. The third kappa shape index (κ3) is 5.62. The SMILES string of the molecule is CSCC(CCO)NCc1cc(Cl)ccc1Br. The Balaban J connectivity index is 2.55. The lowest BCUT2D eigenvalue weighted by Crippen LogP contribution is -2.31. The van der Waals surface area contributed by atoms with Crippen LogP contribution < -0.4 is 5.32 Å². The monoisotopic (exact) mass is 337 g/mol. The molecular formula is C12H17BrClNOS. The van der Waals surface area contributed by atoms with Gasteiger partial charge in [-0.25, -0.2) is 0 Å². The largest absolute Gasteiger partial charge is 0.396 e. The highest BCUT2D eigenvalue weighted by Crippen LogP contribution is 2.21. The number of benzene rings is 1. The Morgan fingerprint density at radius 3 is 2.94 bits per heavy atom. The Bertz CT molecular complexity index is 345. The quantitative estimate of drug-likeness (QED) is 0.800. The Labute approximate surface area is 120 Å². The van der Waals surface area contributed by atoms with Crippen molar-refractivity contribution >= 4 is 39.3 Å². The predicted octanol–water partition coefficient (Wildman–Crippen LogP) is 3.31. The molecule has 1 aromatic carbocycles. The molecule has 0 bridgehead atoms. The molecule has 1 atom stereocenters. The lowest BCUT2D eigenvalue weighted by atomic mass is 10.2. The number of hydrogen-bond donors (Lipinski definition) is 2. The average molecular weight is 339 g/mol. The molecule has 0 fully saturated rings. The van der Waals surface area contributed by atoms with Gasteiger partial charge in [0.2, 0.25) is 0 Å². The van der Waals surface area contributed by atoms with Gasteiger partial charge in [-0.2, -0.15) is 11.8 Å². The van der Waals surface area contributed by atoms with E-state index in [2.05, 4.69) is 27.5 Å². The molecule has 96 valence electrons. The fourth-order valence-corrected chi connectivity index (χ4v) is 2.80. The van der Waals surface area contributed by atoms with Crippen molar-refractivity contribution in [1.29, 1.82) is 0 Å². The van der Waals surface area contributed by atoms with Crippen molar-refractivity contribution in [3.8, 4) is 0 Å². The maximum Gasteiger partial charge on any atom is 0.0446 e. The van der Waals surface area contributed by atoms with Crippen LogP contribution in [0.2, 0.25) is 5.02 Å². The van der Waals surface area contributed by atoms with E-state index < -0.39 is 0 Å². The second-order valence-electron chi connectivity index (χ2n) is 3.78. The fraction of sp³-hybridized carbons (Fsp3) is 0.500. The first kappa shape index (κ1) is 15.3. The summed E-state index contributed by atoms with van der Waals surface area (Å²) in [4.78, 5) is 0. The molecule has 0 spiro atoms. The van der Waals surface area contributed by atoms with Crippen LogP contribution >= 0.6 is 39.3 Å². The number of hydrogen-bond acceptors (Lipinski definition) is 3. The van der Waals surface area contributed by atoms with Crippen LogP contribution in [0.3, 0.4) is 0 Å². The number of thioether (sulfide) groups is 1. The van der Waals surface area contributed by atoms with Crippen LogP contribution in [0.4, 0.5) is 0 Å². The molecule has 17 heavy (non-hydrogen) atoms. The highest BCUT2D eigenvalue weighted by molar-refractivity contribution is 9.10. The number of aliphatic hydroxyl groups excluding tert-OH is 1. The molecule has 0 aliphatic carbocycles. The molecule has 1 unspecified atom stereocenters. The number of aliphatic hydroxyl groups is 1. The molecule has 0 radical (unpaired) electrons. The summed E-state index contributed by atoms with van der Waals surface area (Å²) in [5.41, 5.74) is 1.14. The molecule has 1 rings (SSSR count). The summed E-state index contributed by atoms with van der Waals surface area (Å²) >= 11 is 11.2. The first-order chi connectivity index (χ1) is 8.17. The first-order valence-corrected chi connectivity index (χ1v) is 8.01. The van der Waals surface area contributed by atoms with Crippen molar-refractivity contribution in [2.24, 2.45) is 0 Å². The summed E-state index contributed by atoms with van der Waals surface area (Å²) in [6.45, 7) is 0.974. The summed E-state index contributed by atoms with van der Waals surface area (Å²) in [6, 6.07) is 6.10. The Morgan fingerprint density at radius 1 is 1.53 bits per heavy atom. The number of nitrogens with one attached hydrogen (secondary N) is 1. The highest BCUT2D eigenvalue weighted by Gasteiger charge is 2.08. The summed E-state index contributed by atoms with van der Waals surface area (Å²) in [7, 11) is 0. The second-order valence-corrected chi connectivity index (χ2v) is 5.98. The van der Waals surface area contributed by atoms with E-state index in [-0.39, 0.29) is 6.61 Å². The Hall–Kier alpha value is 0.260. The molecule has 2 N–H and O–H groups in total. The fourth-order valence-electron chi connectivity index (χ4n) is 1.53. The molecule has 0 heterocycles. The summed E-state index contributed by atoms with van der Waals surface area (Å²) in [6.07, 6.45) is 2.85. The van der Waals surface area contributed by atoms with Gasteiger partial charge in [-0.1, -0.05) is 27.5 Å². The molecule has 2 nitrogen and oxygen atoms in total. The summed E-state index contributed by atoms with van der Waals surface area (Å²) in [5, 5.41) is 13.2. The molecule has 0 aliphatic rings. The van der Waals surface area contributed by atoms with Gasteiger partial charge in [-0.3, -0.25) is 0 Å². The van der Waals surface area contributed by atoms with Gasteiger partial charge in [0, 0.05) is 34.4 Å². The molecule has 0 aromatic heterocycles. The van der Waals surface area contributed by atoms with Gasteiger partial charge in [0.15, 0.2) is 0 Å². The maximum atomic E-state index is 8.98. The minimum atomic E-state index is 0.217. The predicted molar refractivity (Wildman–Crippen MR) is 79.9 cm³/mol. The molecular weight excluding hydrogens is 322 g/mol. The first-order valence-electron chi connectivity index (χ1n) is 5.44. The molecule has 0 amide bonds. The zero-order valence-corrected chi connectivity index (χ0v) is 12.9. The van der Waals surface area contributed by atoms with Gasteiger partial charge in [-0.15, -0.1) is 0 Å². The molecule has 1 aromatic rings. The molecule has 0 saturated carbocycles. The van der Waals surface area contributed by atoms with Gasteiger partial charge in [0.1, 0.15) is 0 Å². The van der Waals surface area contributed by atoms with Crippen LogP contribution in [0.5, 0.6) is 0 Å². The third-order valence-electron chi connectivity index (χ3n) is 2.43. The van der Waals surface area contributed by atoms with E-state index in [0.29, 0.717) is 6.04 Å². The van der Waals surface area contributed by atoms with Crippen molar-refractivity contribution in [2.45, 2.75) is 19.0 Å². The van der Waals surface area contributed by atoms with E-state index in [1.165, 1.54) is 0 Å². The Kier molecular flexibility index (Phi) is 7.55. The zero-order chi connectivity index (χ0) is 12.7. The van der Waals surface area contributed by atoms with Crippen LogP contribution in [0, 0.1) is 0 Å². The van der Waals surface area contributed by atoms with E-state index >= 15 is 0 Å². The van der Waals surface area contributed by atoms with Crippen molar-refractivity contribution in [1.82, 2.24) is 5.32 Å². The second kappa shape index (κ2) is 8.38. The summed E-state index contributed by atoms with van der Waals surface area (Å²) < 4.78 is 1.06. The van der Waals surface area contributed by atoms with Crippen LogP contribution in [-0.2, 0) is 6.54 Å². The highest BCUT2D eigenvalue weighted by atomic mass is 79.9. The van der Waals surface area contributed by atoms with Crippen molar-refractivity contribution in [2.75, 3.05) is 18.6 Å². The van der Waals surface area contributed by atoms with E-state index in [4.69, 9.17) is 16.7 Å².